The van der Waals surface area contributed by atoms with Crippen LogP contribution in [0, 0.1) is 0 Å². The summed E-state index contributed by atoms with van der Waals surface area (Å²) in [5.74, 6) is 0. The summed E-state index contributed by atoms with van der Waals surface area (Å²) >= 11 is 12.4. The number of benzene rings is 1. The Bertz CT molecular complexity index is 1090. The lowest BCUT2D eigenvalue weighted by atomic mass is 10.1. The molecule has 1 aliphatic heterocycles. The molecule has 0 spiro atoms. The Morgan fingerprint density at radius 1 is 1.18 bits per heavy atom. The van der Waals surface area contributed by atoms with Crippen molar-refractivity contribution in [2.75, 3.05) is 13.2 Å². The fourth-order valence-electron chi connectivity index (χ4n) is 2.99. The molecule has 0 saturated heterocycles. The number of nitrogens with zero attached hydrogens (tertiary/aromatic N) is 1. The highest BCUT2D eigenvalue weighted by Crippen LogP contribution is 2.36. The van der Waals surface area contributed by atoms with Crippen LogP contribution in [-0.4, -0.2) is 25.8 Å². The minimum atomic E-state index is -1.78. The SMILES string of the molecule is CC(C)(C)[Si](C)(C)OCCc1ccc2ccc3c(c(=O)c2c1)=CC(Cl)(Cl)CN=3. The van der Waals surface area contributed by atoms with Gasteiger partial charge < -0.3 is 4.43 Å². The van der Waals surface area contributed by atoms with Gasteiger partial charge in [0, 0.05) is 17.2 Å². The molecule has 1 heterocycles. The summed E-state index contributed by atoms with van der Waals surface area (Å²) < 4.78 is 5.14. The zero-order chi connectivity index (χ0) is 20.7. The Kier molecular flexibility index (Phi) is 5.81. The molecular formula is C22H27Cl2NO2Si. The third-order valence-corrected chi connectivity index (χ3v) is 10.8. The largest absolute Gasteiger partial charge is 0.416 e. The Balaban J connectivity index is 1.97. The summed E-state index contributed by atoms with van der Waals surface area (Å²) in [4.78, 5) is 17.5. The van der Waals surface area contributed by atoms with Crippen molar-refractivity contribution in [1.29, 1.82) is 0 Å². The zero-order valence-electron chi connectivity index (χ0n) is 17.1. The molecule has 2 aromatic rings. The summed E-state index contributed by atoms with van der Waals surface area (Å²) in [6.45, 7) is 12.1. The van der Waals surface area contributed by atoms with Crippen LogP contribution in [0.5, 0.6) is 0 Å². The van der Waals surface area contributed by atoms with Crippen LogP contribution in [0.2, 0.25) is 18.1 Å². The van der Waals surface area contributed by atoms with Crippen molar-refractivity contribution in [2.45, 2.75) is 49.7 Å². The van der Waals surface area contributed by atoms with Gasteiger partial charge in [-0.25, -0.2) is 0 Å². The molecule has 0 N–H and O–H groups in total. The molecule has 6 heteroatoms. The molecular weight excluding hydrogens is 409 g/mol. The summed E-state index contributed by atoms with van der Waals surface area (Å²) in [7, 11) is -1.78. The van der Waals surface area contributed by atoms with Crippen molar-refractivity contribution in [3.05, 3.63) is 56.7 Å². The molecule has 0 radical (unpaired) electrons. The molecule has 0 atom stereocenters. The monoisotopic (exact) mass is 435 g/mol. The van der Waals surface area contributed by atoms with E-state index in [1.54, 1.807) is 6.08 Å². The van der Waals surface area contributed by atoms with Crippen LogP contribution in [0.3, 0.4) is 0 Å². The van der Waals surface area contributed by atoms with Crippen LogP contribution in [0.4, 0.5) is 0 Å². The van der Waals surface area contributed by atoms with Crippen molar-refractivity contribution >= 4 is 48.4 Å². The maximum Gasteiger partial charge on any atom is 0.195 e. The first kappa shape index (κ1) is 21.5. The van der Waals surface area contributed by atoms with E-state index in [4.69, 9.17) is 27.6 Å². The van der Waals surface area contributed by atoms with E-state index in [1.165, 1.54) is 0 Å². The van der Waals surface area contributed by atoms with E-state index in [9.17, 15) is 4.79 Å². The van der Waals surface area contributed by atoms with Gasteiger partial charge in [-0.05, 0) is 53.7 Å². The molecule has 1 aliphatic rings. The second-order valence-corrected chi connectivity index (χ2v) is 15.3. The third-order valence-electron chi connectivity index (χ3n) is 5.78. The Morgan fingerprint density at radius 2 is 1.86 bits per heavy atom. The molecule has 28 heavy (non-hydrogen) atoms. The standard InChI is InChI=1S/C22H27Cl2NO2Si/c1-21(2,3)28(4,5)27-11-10-15-6-7-16-8-9-19-18(20(26)17(16)12-15)13-22(23,24)14-25-19/h6-9,12-13H,10-11,14H2,1-5H3. The van der Waals surface area contributed by atoms with Crippen molar-refractivity contribution in [1.82, 2.24) is 0 Å². The van der Waals surface area contributed by atoms with E-state index in [0.29, 0.717) is 22.6 Å². The second-order valence-electron chi connectivity index (χ2n) is 8.96. The molecule has 2 aromatic carbocycles. The Hall–Kier alpha value is -1.20. The zero-order valence-corrected chi connectivity index (χ0v) is 19.6. The van der Waals surface area contributed by atoms with E-state index < -0.39 is 12.7 Å². The van der Waals surface area contributed by atoms with Crippen LogP contribution in [0.15, 0.2) is 40.1 Å². The first-order valence-electron chi connectivity index (χ1n) is 9.55. The average Bonchev–Trinajstić information content (AvgIpc) is 2.71. The van der Waals surface area contributed by atoms with Gasteiger partial charge in [0.15, 0.2) is 18.1 Å². The molecule has 0 aliphatic carbocycles. The predicted molar refractivity (Wildman–Crippen MR) is 122 cm³/mol. The molecule has 0 saturated carbocycles. The minimum Gasteiger partial charge on any atom is -0.416 e. The number of rotatable bonds is 4. The van der Waals surface area contributed by atoms with Gasteiger partial charge in [-0.15, -0.1) is 0 Å². The summed E-state index contributed by atoms with van der Waals surface area (Å²) in [5.41, 5.74) is 0.996. The number of hydrogen-bond donors (Lipinski definition) is 0. The predicted octanol–water partition coefficient (Wildman–Crippen LogP) is 4.35. The molecule has 150 valence electrons. The van der Waals surface area contributed by atoms with Crippen molar-refractivity contribution in [3.8, 4) is 0 Å². The molecule has 3 rings (SSSR count). The van der Waals surface area contributed by atoms with Gasteiger partial charge in [0.1, 0.15) is 0 Å². The van der Waals surface area contributed by atoms with Crippen LogP contribution in [-0.2, 0) is 10.8 Å². The Morgan fingerprint density at radius 3 is 2.54 bits per heavy atom. The van der Waals surface area contributed by atoms with Gasteiger partial charge in [-0.1, -0.05) is 62.2 Å². The highest BCUT2D eigenvalue weighted by atomic mass is 35.5. The van der Waals surface area contributed by atoms with Crippen molar-refractivity contribution in [3.63, 3.8) is 0 Å². The highest BCUT2D eigenvalue weighted by Gasteiger charge is 2.36. The van der Waals surface area contributed by atoms with Crippen LogP contribution in [0.1, 0.15) is 26.3 Å². The van der Waals surface area contributed by atoms with Gasteiger partial charge in [-0.3, -0.25) is 9.79 Å². The number of hydrogen-bond acceptors (Lipinski definition) is 3. The smallest absolute Gasteiger partial charge is 0.195 e. The lowest BCUT2D eigenvalue weighted by Gasteiger charge is -2.36. The topological polar surface area (TPSA) is 38.7 Å². The van der Waals surface area contributed by atoms with Crippen LogP contribution < -0.4 is 16.0 Å². The van der Waals surface area contributed by atoms with Crippen molar-refractivity contribution < 1.29 is 4.43 Å². The van der Waals surface area contributed by atoms with Gasteiger partial charge in [0.25, 0.3) is 0 Å². The fourth-order valence-corrected chi connectivity index (χ4v) is 4.37. The Labute approximate surface area is 177 Å². The van der Waals surface area contributed by atoms with Crippen molar-refractivity contribution in [2.24, 2.45) is 4.99 Å². The van der Waals surface area contributed by atoms with Gasteiger partial charge >= 0.3 is 0 Å². The van der Waals surface area contributed by atoms with Gasteiger partial charge in [-0.2, -0.15) is 0 Å². The molecule has 0 bridgehead atoms. The number of fused-ring (bicyclic) bond motifs is 2. The van der Waals surface area contributed by atoms with E-state index in [2.05, 4.69) is 44.9 Å². The van der Waals surface area contributed by atoms with Gasteiger partial charge in [0.2, 0.25) is 0 Å². The summed E-state index contributed by atoms with van der Waals surface area (Å²) in [5, 5.41) is 2.83. The molecule has 3 nitrogen and oxygen atoms in total. The van der Waals surface area contributed by atoms with E-state index in [1.807, 2.05) is 24.3 Å². The second kappa shape index (κ2) is 7.56. The van der Waals surface area contributed by atoms with E-state index in [0.717, 1.165) is 17.4 Å². The maximum absolute atomic E-state index is 13.1. The maximum atomic E-state index is 13.1. The molecule has 0 unspecified atom stereocenters. The number of alkyl halides is 2. The van der Waals surface area contributed by atoms with Gasteiger partial charge in [0.05, 0.1) is 11.9 Å². The van der Waals surface area contributed by atoms with Crippen LogP contribution >= 0.6 is 23.2 Å². The summed E-state index contributed by atoms with van der Waals surface area (Å²) in [6, 6.07) is 9.79. The van der Waals surface area contributed by atoms with Crippen LogP contribution in [0.25, 0.3) is 16.8 Å². The third kappa shape index (κ3) is 4.51. The molecule has 0 aromatic heterocycles. The van der Waals surface area contributed by atoms with E-state index >= 15 is 0 Å². The quantitative estimate of drug-likeness (QED) is 0.528. The normalized spacial score (nSPS) is 16.2. The average molecular weight is 436 g/mol. The summed E-state index contributed by atoms with van der Waals surface area (Å²) in [6.07, 6.45) is 2.39. The lowest BCUT2D eigenvalue weighted by Crippen LogP contribution is -2.43. The molecule has 0 fully saturated rings. The number of halogens is 2. The first-order chi connectivity index (χ1) is 12.9. The minimum absolute atomic E-state index is 0.0868. The molecule has 0 amide bonds. The lowest BCUT2D eigenvalue weighted by molar-refractivity contribution is 0.292. The van der Waals surface area contributed by atoms with E-state index in [-0.39, 0.29) is 17.0 Å². The highest BCUT2D eigenvalue weighted by molar-refractivity contribution is 6.74. The first-order valence-corrected chi connectivity index (χ1v) is 13.2. The fraction of sp³-hybridized carbons (Fsp3) is 0.455.